The van der Waals surface area contributed by atoms with Crippen LogP contribution in [0, 0.1) is 5.92 Å². The maximum Gasteiger partial charge on any atom is 0.133 e. The molecule has 1 N–H and O–H groups in total. The molecular formula is C12H20N2O. The summed E-state index contributed by atoms with van der Waals surface area (Å²) in [5, 5.41) is 9.11. The van der Waals surface area contributed by atoms with Gasteiger partial charge in [-0.3, -0.25) is 9.88 Å². The van der Waals surface area contributed by atoms with Gasteiger partial charge in [-0.15, -0.1) is 0 Å². The van der Waals surface area contributed by atoms with E-state index < -0.39 is 0 Å². The molecule has 3 nitrogen and oxygen atoms in total. The number of rotatable bonds is 4. The lowest BCUT2D eigenvalue weighted by Gasteiger charge is -2.27. The first-order valence-corrected chi connectivity index (χ1v) is 5.35. The van der Waals surface area contributed by atoms with Crippen molar-refractivity contribution >= 4 is 0 Å². The van der Waals surface area contributed by atoms with Gasteiger partial charge in [-0.05, 0) is 32.0 Å². The molecule has 84 valence electrons. The monoisotopic (exact) mass is 208 g/mol. The zero-order valence-electron chi connectivity index (χ0n) is 9.94. The molecule has 1 rings (SSSR count). The van der Waals surface area contributed by atoms with Crippen molar-refractivity contribution in [3.63, 3.8) is 0 Å². The molecule has 15 heavy (non-hydrogen) atoms. The average Bonchev–Trinajstić information content (AvgIpc) is 2.20. The minimum atomic E-state index is 0.221. The highest BCUT2D eigenvalue weighted by Crippen LogP contribution is 2.12. The van der Waals surface area contributed by atoms with Crippen LogP contribution in [0.5, 0.6) is 5.75 Å². The third-order valence-electron chi connectivity index (χ3n) is 2.88. The summed E-state index contributed by atoms with van der Waals surface area (Å²) in [7, 11) is 2.10. The maximum absolute atomic E-state index is 9.11. The fourth-order valence-electron chi connectivity index (χ4n) is 1.42. The summed E-state index contributed by atoms with van der Waals surface area (Å²) < 4.78 is 0. The van der Waals surface area contributed by atoms with Crippen molar-refractivity contribution in [1.29, 1.82) is 0 Å². The third kappa shape index (κ3) is 3.51. The molecule has 0 amide bonds. The van der Waals surface area contributed by atoms with Gasteiger partial charge in [0, 0.05) is 12.6 Å². The van der Waals surface area contributed by atoms with E-state index in [0.29, 0.717) is 12.0 Å². The Morgan fingerprint density at radius 3 is 2.47 bits per heavy atom. The molecule has 1 unspecified atom stereocenters. The quantitative estimate of drug-likeness (QED) is 0.824. The van der Waals surface area contributed by atoms with Crippen molar-refractivity contribution in [3.05, 3.63) is 24.0 Å². The van der Waals surface area contributed by atoms with Crippen LogP contribution in [0.1, 0.15) is 26.5 Å². The van der Waals surface area contributed by atoms with E-state index >= 15 is 0 Å². The zero-order chi connectivity index (χ0) is 11.4. The summed E-state index contributed by atoms with van der Waals surface area (Å²) in [5.74, 6) is 0.852. The summed E-state index contributed by atoms with van der Waals surface area (Å²) in [6.45, 7) is 7.46. The van der Waals surface area contributed by atoms with Crippen LogP contribution >= 0.6 is 0 Å². The maximum atomic E-state index is 9.11. The SMILES string of the molecule is CC(C)C(C)N(C)Cc1ccc(O)cn1. The standard InChI is InChI=1S/C12H20N2O/c1-9(2)10(3)14(4)8-11-5-6-12(15)7-13-11/h5-7,9-10,15H,8H2,1-4H3. The summed E-state index contributed by atoms with van der Waals surface area (Å²) in [6, 6.07) is 4.07. The van der Waals surface area contributed by atoms with Gasteiger partial charge >= 0.3 is 0 Å². The number of aromatic hydroxyl groups is 1. The van der Waals surface area contributed by atoms with Gasteiger partial charge in [0.1, 0.15) is 5.75 Å². The molecule has 0 saturated carbocycles. The van der Waals surface area contributed by atoms with E-state index in [1.165, 1.54) is 6.20 Å². The van der Waals surface area contributed by atoms with Crippen LogP contribution in [0.4, 0.5) is 0 Å². The van der Waals surface area contributed by atoms with Gasteiger partial charge < -0.3 is 5.11 Å². The number of pyridine rings is 1. The second kappa shape index (κ2) is 5.12. The van der Waals surface area contributed by atoms with Crippen molar-refractivity contribution in [3.8, 4) is 5.75 Å². The van der Waals surface area contributed by atoms with Crippen LogP contribution < -0.4 is 0 Å². The zero-order valence-corrected chi connectivity index (χ0v) is 9.94. The Labute approximate surface area is 91.8 Å². The number of nitrogens with zero attached hydrogens (tertiary/aromatic N) is 2. The Morgan fingerprint density at radius 1 is 1.33 bits per heavy atom. The van der Waals surface area contributed by atoms with Crippen LogP contribution in [0.25, 0.3) is 0 Å². The van der Waals surface area contributed by atoms with Gasteiger partial charge in [0.2, 0.25) is 0 Å². The molecule has 0 aliphatic rings. The van der Waals surface area contributed by atoms with E-state index in [4.69, 9.17) is 5.11 Å². The van der Waals surface area contributed by atoms with E-state index in [2.05, 4.69) is 37.7 Å². The summed E-state index contributed by atoms with van der Waals surface area (Å²) in [6.07, 6.45) is 1.49. The first-order chi connectivity index (χ1) is 7.00. The average molecular weight is 208 g/mol. The normalized spacial score (nSPS) is 13.5. The lowest BCUT2D eigenvalue weighted by molar-refractivity contribution is 0.198. The second-order valence-corrected chi connectivity index (χ2v) is 4.41. The number of hydrogen-bond donors (Lipinski definition) is 1. The van der Waals surface area contributed by atoms with E-state index in [1.54, 1.807) is 6.07 Å². The van der Waals surface area contributed by atoms with Gasteiger partial charge in [0.25, 0.3) is 0 Å². The smallest absolute Gasteiger partial charge is 0.133 e. The molecule has 3 heteroatoms. The van der Waals surface area contributed by atoms with Crippen molar-refractivity contribution in [2.75, 3.05) is 7.05 Å². The third-order valence-corrected chi connectivity index (χ3v) is 2.88. The van der Waals surface area contributed by atoms with Crippen LogP contribution in [-0.2, 0) is 6.54 Å². The molecule has 0 saturated heterocycles. The Hall–Kier alpha value is -1.09. The van der Waals surface area contributed by atoms with E-state index in [-0.39, 0.29) is 5.75 Å². The van der Waals surface area contributed by atoms with Gasteiger partial charge in [0.05, 0.1) is 11.9 Å². The van der Waals surface area contributed by atoms with Crippen molar-refractivity contribution in [1.82, 2.24) is 9.88 Å². The van der Waals surface area contributed by atoms with Crippen molar-refractivity contribution in [2.24, 2.45) is 5.92 Å². The highest BCUT2D eigenvalue weighted by atomic mass is 16.3. The predicted molar refractivity (Wildman–Crippen MR) is 61.7 cm³/mol. The highest BCUT2D eigenvalue weighted by Gasteiger charge is 2.13. The molecule has 0 aliphatic heterocycles. The highest BCUT2D eigenvalue weighted by molar-refractivity contribution is 5.17. The molecule has 1 aromatic rings. The molecule has 1 heterocycles. The number of aromatic nitrogens is 1. The predicted octanol–water partition coefficient (Wildman–Crippen LogP) is 2.26. The van der Waals surface area contributed by atoms with Crippen LogP contribution in [0.15, 0.2) is 18.3 Å². The van der Waals surface area contributed by atoms with Gasteiger partial charge in [0.15, 0.2) is 0 Å². The lowest BCUT2D eigenvalue weighted by atomic mass is 10.1. The molecule has 1 atom stereocenters. The molecule has 0 spiro atoms. The Balaban J connectivity index is 2.58. The largest absolute Gasteiger partial charge is 0.506 e. The van der Waals surface area contributed by atoms with E-state index in [0.717, 1.165) is 12.2 Å². The van der Waals surface area contributed by atoms with Gasteiger partial charge in [-0.1, -0.05) is 13.8 Å². The van der Waals surface area contributed by atoms with E-state index in [1.807, 2.05) is 6.07 Å². The molecule has 1 aromatic heterocycles. The fourth-order valence-corrected chi connectivity index (χ4v) is 1.42. The van der Waals surface area contributed by atoms with Crippen molar-refractivity contribution < 1.29 is 5.11 Å². The molecule has 0 aromatic carbocycles. The molecular weight excluding hydrogens is 188 g/mol. The number of hydrogen-bond acceptors (Lipinski definition) is 3. The Kier molecular flexibility index (Phi) is 4.09. The minimum Gasteiger partial charge on any atom is -0.506 e. The Morgan fingerprint density at radius 2 is 2.00 bits per heavy atom. The second-order valence-electron chi connectivity index (χ2n) is 4.41. The molecule has 0 fully saturated rings. The summed E-state index contributed by atoms with van der Waals surface area (Å²) in [5.41, 5.74) is 0.989. The molecule has 0 bridgehead atoms. The summed E-state index contributed by atoms with van der Waals surface area (Å²) in [4.78, 5) is 6.44. The first kappa shape index (κ1) is 12.0. The van der Waals surface area contributed by atoms with Gasteiger partial charge in [-0.2, -0.15) is 0 Å². The van der Waals surface area contributed by atoms with Crippen molar-refractivity contribution in [2.45, 2.75) is 33.4 Å². The van der Waals surface area contributed by atoms with Crippen LogP contribution in [-0.4, -0.2) is 28.1 Å². The fraction of sp³-hybridized carbons (Fsp3) is 0.583. The Bertz CT molecular complexity index is 295. The van der Waals surface area contributed by atoms with E-state index in [9.17, 15) is 0 Å². The minimum absolute atomic E-state index is 0.221. The first-order valence-electron chi connectivity index (χ1n) is 5.35. The van der Waals surface area contributed by atoms with Crippen LogP contribution in [0.3, 0.4) is 0 Å². The van der Waals surface area contributed by atoms with Crippen LogP contribution in [0.2, 0.25) is 0 Å². The lowest BCUT2D eigenvalue weighted by Crippen LogP contribution is -2.32. The van der Waals surface area contributed by atoms with Gasteiger partial charge in [-0.25, -0.2) is 0 Å². The summed E-state index contributed by atoms with van der Waals surface area (Å²) >= 11 is 0. The topological polar surface area (TPSA) is 36.4 Å². The molecule has 0 aliphatic carbocycles. The molecule has 0 radical (unpaired) electrons.